The van der Waals surface area contributed by atoms with Crippen LogP contribution in [0.1, 0.15) is 20.3 Å². The van der Waals surface area contributed by atoms with Gasteiger partial charge in [-0.1, -0.05) is 22.6 Å². The minimum absolute atomic E-state index is 0.00787. The molecule has 2 aliphatic rings. The molecule has 0 spiro atoms. The molecule has 2 rings (SSSR count). The van der Waals surface area contributed by atoms with Gasteiger partial charge >= 0.3 is 6.09 Å². The van der Waals surface area contributed by atoms with E-state index >= 15 is 0 Å². The highest BCUT2D eigenvalue weighted by atomic mass is 127. The first kappa shape index (κ1) is 12.4. The van der Waals surface area contributed by atoms with Crippen LogP contribution in [-0.4, -0.2) is 41.2 Å². The third-order valence-corrected chi connectivity index (χ3v) is 3.56. The third-order valence-electron chi connectivity index (χ3n) is 2.70. The van der Waals surface area contributed by atoms with Gasteiger partial charge in [-0.3, -0.25) is 0 Å². The number of carbonyl (C=O) groups excluding carboxylic acids is 1. The fourth-order valence-electron chi connectivity index (χ4n) is 2.08. The van der Waals surface area contributed by atoms with E-state index in [-0.39, 0.29) is 24.4 Å². The molecule has 6 heteroatoms. The second-order valence-electron chi connectivity index (χ2n) is 4.45. The van der Waals surface area contributed by atoms with Crippen molar-refractivity contribution in [1.29, 1.82) is 0 Å². The fraction of sp³-hybridized carbons (Fsp3) is 0.900. The maximum absolute atomic E-state index is 11.2. The molecule has 2 heterocycles. The van der Waals surface area contributed by atoms with Crippen molar-refractivity contribution in [2.45, 2.75) is 44.4 Å². The van der Waals surface area contributed by atoms with Crippen LogP contribution in [0.5, 0.6) is 0 Å². The topological polar surface area (TPSA) is 56.8 Å². The summed E-state index contributed by atoms with van der Waals surface area (Å²) in [6, 6.07) is 0. The minimum Gasteiger partial charge on any atom is -0.443 e. The smallest absolute Gasteiger partial charge is 0.407 e. The van der Waals surface area contributed by atoms with E-state index in [4.69, 9.17) is 14.2 Å². The molecule has 2 fully saturated rings. The number of alkyl carbamates (subject to hydrolysis) is 1. The number of ether oxygens (including phenoxy) is 3. The zero-order chi connectivity index (χ0) is 11.8. The predicted octanol–water partition coefficient (Wildman–Crippen LogP) is 1.44. The molecule has 0 saturated carbocycles. The zero-order valence-electron chi connectivity index (χ0n) is 9.36. The van der Waals surface area contributed by atoms with Crippen molar-refractivity contribution < 1.29 is 19.0 Å². The molecular weight excluding hydrogens is 325 g/mol. The Labute approximate surface area is 108 Å². The molecule has 0 bridgehead atoms. The highest BCUT2D eigenvalue weighted by Crippen LogP contribution is 2.33. The Morgan fingerprint density at radius 1 is 1.50 bits per heavy atom. The van der Waals surface area contributed by atoms with E-state index in [9.17, 15) is 4.79 Å². The van der Waals surface area contributed by atoms with Crippen molar-refractivity contribution in [3.05, 3.63) is 0 Å². The van der Waals surface area contributed by atoms with Crippen molar-refractivity contribution in [1.82, 2.24) is 5.32 Å². The zero-order valence-corrected chi connectivity index (χ0v) is 11.5. The average Bonchev–Trinajstić information content (AvgIpc) is 2.54. The summed E-state index contributed by atoms with van der Waals surface area (Å²) in [6.45, 7) is 4.40. The summed E-state index contributed by atoms with van der Waals surface area (Å²) in [5, 5.41) is 2.63. The molecule has 16 heavy (non-hydrogen) atoms. The number of carbonyl (C=O) groups is 1. The maximum Gasteiger partial charge on any atom is 0.407 e. The van der Waals surface area contributed by atoms with Crippen molar-refractivity contribution in [3.63, 3.8) is 0 Å². The van der Waals surface area contributed by atoms with Crippen LogP contribution in [0.3, 0.4) is 0 Å². The summed E-state index contributed by atoms with van der Waals surface area (Å²) in [4.78, 5) is 11.2. The summed E-state index contributed by atoms with van der Waals surface area (Å²) in [5.74, 6) is -0.586. The van der Waals surface area contributed by atoms with Crippen LogP contribution < -0.4 is 5.32 Å². The lowest BCUT2D eigenvalue weighted by Crippen LogP contribution is -2.47. The minimum atomic E-state index is -0.586. The second kappa shape index (κ2) is 4.66. The summed E-state index contributed by atoms with van der Waals surface area (Å²) in [5.41, 5.74) is 0. The lowest BCUT2D eigenvalue weighted by Gasteiger charge is -2.29. The van der Waals surface area contributed by atoms with Gasteiger partial charge in [0.1, 0.15) is 12.2 Å². The van der Waals surface area contributed by atoms with Crippen LogP contribution in [0.15, 0.2) is 0 Å². The van der Waals surface area contributed by atoms with Gasteiger partial charge in [-0.2, -0.15) is 0 Å². The number of nitrogens with one attached hydrogen (secondary N) is 1. The third kappa shape index (κ3) is 2.60. The molecular formula is C10H16INO4. The van der Waals surface area contributed by atoms with Gasteiger partial charge in [-0.15, -0.1) is 0 Å². The van der Waals surface area contributed by atoms with E-state index in [1.807, 2.05) is 13.8 Å². The van der Waals surface area contributed by atoms with Crippen molar-refractivity contribution in [2.24, 2.45) is 0 Å². The van der Waals surface area contributed by atoms with E-state index in [2.05, 4.69) is 27.9 Å². The van der Waals surface area contributed by atoms with Crippen molar-refractivity contribution >= 4 is 28.7 Å². The molecule has 0 aliphatic carbocycles. The molecule has 3 atom stereocenters. The maximum atomic E-state index is 11.2. The summed E-state index contributed by atoms with van der Waals surface area (Å²) >= 11 is 2.26. The highest BCUT2D eigenvalue weighted by molar-refractivity contribution is 14.1. The molecule has 1 amide bonds. The summed E-state index contributed by atoms with van der Waals surface area (Å²) < 4.78 is 17.6. The molecule has 0 aromatic heterocycles. The number of alkyl halides is 1. The van der Waals surface area contributed by atoms with Crippen LogP contribution in [0, 0.1) is 0 Å². The molecule has 0 unspecified atom stereocenters. The summed E-state index contributed by atoms with van der Waals surface area (Å²) in [7, 11) is 0. The van der Waals surface area contributed by atoms with Crippen LogP contribution in [0.4, 0.5) is 4.79 Å². The number of amides is 1. The summed E-state index contributed by atoms with van der Waals surface area (Å²) in [6.07, 6.45) is 0.0414. The predicted molar refractivity (Wildman–Crippen MR) is 65.6 cm³/mol. The molecule has 5 nitrogen and oxygen atoms in total. The molecule has 1 N–H and O–H groups in total. The highest BCUT2D eigenvalue weighted by Gasteiger charge is 2.46. The number of cyclic esters (lactones) is 1. The number of hydrogen-bond donors (Lipinski definition) is 1. The van der Waals surface area contributed by atoms with Crippen LogP contribution >= 0.6 is 22.6 Å². The van der Waals surface area contributed by atoms with E-state index in [1.165, 1.54) is 0 Å². The Morgan fingerprint density at radius 3 is 2.88 bits per heavy atom. The Balaban J connectivity index is 2.04. The fourth-order valence-corrected chi connectivity index (χ4v) is 2.76. The molecule has 2 aliphatic heterocycles. The number of halogens is 1. The molecule has 92 valence electrons. The number of hydrogen-bond acceptors (Lipinski definition) is 4. The van der Waals surface area contributed by atoms with Crippen LogP contribution in [-0.2, 0) is 14.2 Å². The van der Waals surface area contributed by atoms with E-state index in [0.29, 0.717) is 6.54 Å². The average molecular weight is 341 g/mol. The van der Waals surface area contributed by atoms with Gasteiger partial charge < -0.3 is 19.5 Å². The van der Waals surface area contributed by atoms with Crippen molar-refractivity contribution in [3.8, 4) is 0 Å². The number of rotatable bonds is 2. The SMILES string of the molecule is CC1(C)O[C@@H]([C@H]2CCNC(=O)O2)[C@H](CI)O1. The van der Waals surface area contributed by atoms with Gasteiger partial charge in [-0.05, 0) is 13.8 Å². The first-order chi connectivity index (χ1) is 7.52. The Hall–Kier alpha value is -0.0800. The molecule has 0 aromatic rings. The van der Waals surface area contributed by atoms with Gasteiger partial charge in [0.05, 0.1) is 6.10 Å². The van der Waals surface area contributed by atoms with Gasteiger partial charge in [-0.25, -0.2) is 4.79 Å². The van der Waals surface area contributed by atoms with E-state index in [1.54, 1.807) is 0 Å². The standard InChI is InChI=1S/C10H16INO4/c1-10(2)15-7(5-11)8(16-10)6-3-4-12-9(13)14-6/h6-8H,3-5H2,1-2H3,(H,12,13)/t6-,7+,8+/m1/s1. The van der Waals surface area contributed by atoms with Crippen molar-refractivity contribution in [2.75, 3.05) is 11.0 Å². The van der Waals surface area contributed by atoms with Gasteiger partial charge in [0.15, 0.2) is 5.79 Å². The van der Waals surface area contributed by atoms with Gasteiger partial charge in [0.2, 0.25) is 0 Å². The second-order valence-corrected chi connectivity index (χ2v) is 5.33. The van der Waals surface area contributed by atoms with Gasteiger partial charge in [0, 0.05) is 17.4 Å². The Kier molecular flexibility index (Phi) is 3.60. The molecule has 2 saturated heterocycles. The monoisotopic (exact) mass is 341 g/mol. The first-order valence-corrected chi connectivity index (χ1v) is 6.90. The van der Waals surface area contributed by atoms with Crippen LogP contribution in [0.2, 0.25) is 0 Å². The quantitative estimate of drug-likeness (QED) is 0.610. The molecule has 0 radical (unpaired) electrons. The normalized spacial score (nSPS) is 37.9. The Bertz CT molecular complexity index is 284. The van der Waals surface area contributed by atoms with Crippen LogP contribution in [0.25, 0.3) is 0 Å². The molecule has 0 aromatic carbocycles. The lowest BCUT2D eigenvalue weighted by atomic mass is 10.1. The van der Waals surface area contributed by atoms with E-state index < -0.39 is 5.79 Å². The Morgan fingerprint density at radius 2 is 2.25 bits per heavy atom. The first-order valence-electron chi connectivity index (χ1n) is 5.38. The lowest BCUT2D eigenvalue weighted by molar-refractivity contribution is -0.155. The van der Waals surface area contributed by atoms with E-state index in [0.717, 1.165) is 10.8 Å². The van der Waals surface area contributed by atoms with Gasteiger partial charge in [0.25, 0.3) is 0 Å². The largest absolute Gasteiger partial charge is 0.443 e.